The van der Waals surface area contributed by atoms with Crippen molar-refractivity contribution in [2.75, 3.05) is 30.8 Å². The molecule has 3 aromatic carbocycles. The van der Waals surface area contributed by atoms with Crippen LogP contribution >= 0.6 is 24.4 Å². The van der Waals surface area contributed by atoms with Crippen LogP contribution in [0.25, 0.3) is 33.4 Å². The van der Waals surface area contributed by atoms with Gasteiger partial charge >= 0.3 is 0 Å². The van der Waals surface area contributed by atoms with Crippen LogP contribution in [0.1, 0.15) is 85.6 Å². The summed E-state index contributed by atoms with van der Waals surface area (Å²) in [5, 5.41) is 20.8. The summed E-state index contributed by atoms with van der Waals surface area (Å²) in [7, 11) is 1.61. The van der Waals surface area contributed by atoms with Crippen LogP contribution in [0.2, 0.25) is 0 Å². The van der Waals surface area contributed by atoms with E-state index in [0.717, 1.165) is 73.9 Å². The minimum absolute atomic E-state index is 0.224. The number of carbonyl (C=O) groups excluding carboxylic acids is 2. The summed E-state index contributed by atoms with van der Waals surface area (Å²) in [6.07, 6.45) is 6.57. The van der Waals surface area contributed by atoms with Crippen molar-refractivity contribution in [2.24, 2.45) is 0 Å². The Morgan fingerprint density at radius 1 is 0.776 bits per heavy atom. The number of benzene rings is 3. The lowest BCUT2D eigenvalue weighted by atomic mass is 9.96. The Balaban J connectivity index is 1.71. The van der Waals surface area contributed by atoms with E-state index in [0.29, 0.717) is 49.5 Å². The quantitative estimate of drug-likeness (QED) is 0.119. The third-order valence-electron chi connectivity index (χ3n) is 8.27. The predicted octanol–water partition coefficient (Wildman–Crippen LogP) is 7.89. The van der Waals surface area contributed by atoms with Crippen LogP contribution in [0.3, 0.4) is 0 Å². The van der Waals surface area contributed by atoms with E-state index >= 15 is 0 Å². The van der Waals surface area contributed by atoms with E-state index in [1.165, 1.54) is 0 Å². The van der Waals surface area contributed by atoms with E-state index < -0.39 is 5.54 Å². The Morgan fingerprint density at radius 2 is 1.41 bits per heavy atom. The summed E-state index contributed by atoms with van der Waals surface area (Å²) in [6, 6.07) is 17.2. The summed E-state index contributed by atoms with van der Waals surface area (Å²) >= 11 is 11.4. The van der Waals surface area contributed by atoms with Gasteiger partial charge in [-0.25, -0.2) is 0 Å². The van der Waals surface area contributed by atoms with Crippen molar-refractivity contribution >= 4 is 68.8 Å². The number of anilines is 2. The van der Waals surface area contributed by atoms with E-state index in [9.17, 15) is 9.59 Å². The molecule has 6 N–H and O–H groups in total. The van der Waals surface area contributed by atoms with Gasteiger partial charge in [0.2, 0.25) is 0 Å². The van der Waals surface area contributed by atoms with Crippen molar-refractivity contribution in [2.45, 2.75) is 71.8 Å². The molecule has 258 valence electrons. The van der Waals surface area contributed by atoms with E-state index in [2.05, 4.69) is 31.9 Å². The van der Waals surface area contributed by atoms with E-state index in [1.807, 2.05) is 76.2 Å². The highest BCUT2D eigenvalue weighted by atomic mass is 32.1. The van der Waals surface area contributed by atoms with Gasteiger partial charge in [-0.15, -0.1) is 0 Å². The molecule has 4 aromatic rings. The van der Waals surface area contributed by atoms with Gasteiger partial charge in [-0.3, -0.25) is 9.59 Å². The normalized spacial score (nSPS) is 14.9. The summed E-state index contributed by atoms with van der Waals surface area (Å²) in [5.74, 6) is -0.0252. The molecule has 0 fully saturated rings. The van der Waals surface area contributed by atoms with Gasteiger partial charge in [0.15, 0.2) is 10.2 Å². The minimum Gasteiger partial charge on any atom is -0.455 e. The van der Waals surface area contributed by atoms with Gasteiger partial charge in [-0.2, -0.15) is 0 Å². The number of thiocarbonyl (C=S) groups is 2. The zero-order valence-corrected chi connectivity index (χ0v) is 30.5. The molecule has 9 nitrogen and oxygen atoms in total. The van der Waals surface area contributed by atoms with Crippen LogP contribution in [0.5, 0.6) is 0 Å². The number of amides is 2. The summed E-state index contributed by atoms with van der Waals surface area (Å²) < 4.78 is 6.45. The average molecular weight is 699 g/mol. The molecular formula is C38H46N6O3S2. The van der Waals surface area contributed by atoms with Crippen molar-refractivity contribution in [1.82, 2.24) is 21.3 Å². The molecule has 11 heteroatoms. The number of aryl methyl sites for hydroxylation is 1. The van der Waals surface area contributed by atoms with Gasteiger partial charge in [-0.1, -0.05) is 55.5 Å². The van der Waals surface area contributed by atoms with Gasteiger partial charge in [-0.05, 0) is 94.8 Å². The Labute approximate surface area is 299 Å². The van der Waals surface area contributed by atoms with Gasteiger partial charge in [0.1, 0.15) is 11.3 Å². The molecule has 1 aliphatic heterocycles. The third-order valence-corrected chi connectivity index (χ3v) is 8.76. The molecule has 2 amide bonds. The number of rotatable bonds is 3. The maximum absolute atomic E-state index is 13.6. The first-order chi connectivity index (χ1) is 23.4. The molecule has 0 unspecified atom stereocenters. The molecule has 49 heavy (non-hydrogen) atoms. The van der Waals surface area contributed by atoms with Crippen molar-refractivity contribution in [3.63, 3.8) is 0 Å². The maximum atomic E-state index is 13.6. The maximum Gasteiger partial charge on any atom is 0.255 e. The Bertz CT molecular complexity index is 1860. The standard InChI is InChI=1S/C38H46N6O3S2/c1-23-12-14-24(15-13-23)33-32(35(46)39-5)29-21-28-25-18-26(34(45)44-38(2,3)4)20-27(19-25)42-36(48)40-16-10-8-6-7-9-11-17-41-37(49)43-30(28)22-31(29)47-33/h12-15,18-22H,6-11,16-17H2,1-5H3,(H,39,46)(H,44,45)(H2,40,42,48)(H2,41,43,49). The summed E-state index contributed by atoms with van der Waals surface area (Å²) in [5.41, 5.74) is 5.59. The molecule has 1 aliphatic rings. The first-order valence-electron chi connectivity index (χ1n) is 16.9. The first-order valence-corrected chi connectivity index (χ1v) is 17.7. The lowest BCUT2D eigenvalue weighted by Gasteiger charge is -2.22. The second-order valence-corrected chi connectivity index (χ2v) is 14.3. The predicted molar refractivity (Wildman–Crippen MR) is 209 cm³/mol. The molecule has 0 saturated heterocycles. The van der Waals surface area contributed by atoms with Crippen molar-refractivity contribution in [3.05, 3.63) is 71.3 Å². The first kappa shape index (κ1) is 35.8. The number of furan rings is 1. The molecule has 2 bridgehead atoms. The van der Waals surface area contributed by atoms with Crippen LogP contribution in [0, 0.1) is 6.92 Å². The number of fused-ring (bicyclic) bond motifs is 5. The van der Waals surface area contributed by atoms with Gasteiger partial charge in [0, 0.05) is 59.5 Å². The third kappa shape index (κ3) is 9.36. The van der Waals surface area contributed by atoms with Crippen LogP contribution in [-0.4, -0.2) is 47.7 Å². The molecule has 0 saturated carbocycles. The summed E-state index contributed by atoms with van der Waals surface area (Å²) in [4.78, 5) is 27.1. The van der Waals surface area contributed by atoms with Gasteiger partial charge in [0.25, 0.3) is 11.8 Å². The zero-order valence-electron chi connectivity index (χ0n) is 28.9. The van der Waals surface area contributed by atoms with Gasteiger partial charge in [0.05, 0.1) is 11.3 Å². The highest BCUT2D eigenvalue weighted by Gasteiger charge is 2.25. The highest BCUT2D eigenvalue weighted by Crippen LogP contribution is 2.40. The van der Waals surface area contributed by atoms with Crippen molar-refractivity contribution < 1.29 is 14.0 Å². The van der Waals surface area contributed by atoms with Crippen LogP contribution < -0.4 is 31.9 Å². The highest BCUT2D eigenvalue weighted by molar-refractivity contribution is 7.80. The van der Waals surface area contributed by atoms with Gasteiger partial charge < -0.3 is 36.3 Å². The number of hydrogen-bond donors (Lipinski definition) is 6. The fourth-order valence-electron chi connectivity index (χ4n) is 5.85. The van der Waals surface area contributed by atoms with Crippen LogP contribution in [0.15, 0.2) is 59.0 Å². The Kier molecular flexibility index (Phi) is 11.6. The number of nitrogens with one attached hydrogen (secondary N) is 6. The fraction of sp³-hybridized carbons (Fsp3) is 0.368. The Morgan fingerprint density at radius 3 is 2.04 bits per heavy atom. The molecule has 2 heterocycles. The average Bonchev–Trinajstić information content (AvgIpc) is 3.42. The molecule has 0 radical (unpaired) electrons. The lowest BCUT2D eigenvalue weighted by molar-refractivity contribution is 0.0918. The molecule has 1 aromatic heterocycles. The molecular weight excluding hydrogens is 653 g/mol. The lowest BCUT2D eigenvalue weighted by Crippen LogP contribution is -2.40. The topological polar surface area (TPSA) is 119 Å². The SMILES string of the molecule is CNC(=O)c1c(-c2ccc(C)cc2)oc2cc3c(cc12)-c1cc(cc(C(=O)NC(C)(C)C)c1)NC(=S)NCCCCCCCCNC(=S)N3. The fourth-order valence-corrected chi connectivity index (χ4v) is 6.28. The number of hydrogen-bond acceptors (Lipinski definition) is 5. The molecule has 5 rings (SSSR count). The van der Waals surface area contributed by atoms with E-state index in [4.69, 9.17) is 28.9 Å². The van der Waals surface area contributed by atoms with Crippen LogP contribution in [-0.2, 0) is 0 Å². The van der Waals surface area contributed by atoms with Crippen LogP contribution in [0.4, 0.5) is 11.4 Å². The molecule has 0 atom stereocenters. The van der Waals surface area contributed by atoms with Crippen molar-refractivity contribution in [1.29, 1.82) is 0 Å². The van der Waals surface area contributed by atoms with Crippen molar-refractivity contribution in [3.8, 4) is 22.5 Å². The van der Waals surface area contributed by atoms with E-state index in [-0.39, 0.29) is 11.8 Å². The second kappa shape index (κ2) is 15.8. The summed E-state index contributed by atoms with van der Waals surface area (Å²) in [6.45, 7) is 9.35. The molecule has 0 aliphatic carbocycles. The zero-order chi connectivity index (χ0) is 35.1. The number of carbonyl (C=O) groups is 2. The largest absolute Gasteiger partial charge is 0.455 e. The minimum atomic E-state index is -0.448. The second-order valence-electron chi connectivity index (χ2n) is 13.5. The smallest absolute Gasteiger partial charge is 0.255 e. The monoisotopic (exact) mass is 698 g/mol. The molecule has 0 spiro atoms. The van der Waals surface area contributed by atoms with E-state index in [1.54, 1.807) is 13.1 Å². The Hall–Kier alpha value is -4.48.